The minimum atomic E-state index is -0.620. The molecule has 0 N–H and O–H groups in total. The number of halogens is 2. The third kappa shape index (κ3) is 1.39. The maximum atomic E-state index is 10.1. The van der Waals surface area contributed by atoms with Crippen LogP contribution in [-0.2, 0) is 0 Å². The van der Waals surface area contributed by atoms with E-state index in [0.717, 1.165) is 11.3 Å². The van der Waals surface area contributed by atoms with E-state index in [1.54, 1.807) is 0 Å². The van der Waals surface area contributed by atoms with Crippen LogP contribution in [0.4, 0.5) is 5.69 Å². The summed E-state index contributed by atoms with van der Waals surface area (Å²) >= 11 is 11.7. The molecule has 0 spiro atoms. The molecule has 0 aliphatic heterocycles. The Balaban J connectivity index is 3.15. The van der Waals surface area contributed by atoms with Crippen LogP contribution in [0.2, 0.25) is 8.67 Å². The topological polar surface area (TPSA) is 43.1 Å². The van der Waals surface area contributed by atoms with Gasteiger partial charge < -0.3 is 0 Å². The molecule has 6 heteroatoms. The van der Waals surface area contributed by atoms with Crippen LogP contribution < -0.4 is 0 Å². The smallest absolute Gasteiger partial charge is 0.258 e. The highest BCUT2D eigenvalue weighted by atomic mass is 35.5. The molecule has 1 radical (unpaired) electrons. The third-order valence-electron chi connectivity index (χ3n) is 0.765. The first-order valence-corrected chi connectivity index (χ1v) is 3.70. The molecule has 0 aliphatic carbocycles. The van der Waals surface area contributed by atoms with E-state index in [9.17, 15) is 10.1 Å². The van der Waals surface area contributed by atoms with Crippen LogP contribution in [0.5, 0.6) is 0 Å². The van der Waals surface area contributed by atoms with E-state index in [4.69, 9.17) is 23.2 Å². The molecular formula is C4Cl2NO2S. The van der Waals surface area contributed by atoms with Gasteiger partial charge in [-0.3, -0.25) is 10.1 Å². The molecule has 3 nitrogen and oxygen atoms in total. The van der Waals surface area contributed by atoms with Crippen molar-refractivity contribution < 1.29 is 4.92 Å². The molecule has 0 saturated heterocycles. The summed E-state index contributed by atoms with van der Waals surface area (Å²) in [6.07, 6.45) is 0. The SMILES string of the molecule is O=[N+]([O-])c1[c]c(Cl)sc1Cl. The minimum absolute atomic E-state index is 0.0648. The molecule has 1 heterocycles. The van der Waals surface area contributed by atoms with Crippen LogP contribution in [0.15, 0.2) is 0 Å². The van der Waals surface area contributed by atoms with Crippen molar-refractivity contribution in [1.82, 2.24) is 0 Å². The van der Waals surface area contributed by atoms with Crippen molar-refractivity contribution in [2.24, 2.45) is 0 Å². The number of hydrogen-bond donors (Lipinski definition) is 0. The summed E-state index contributed by atoms with van der Waals surface area (Å²) in [6, 6.07) is 2.30. The quantitative estimate of drug-likeness (QED) is 0.513. The lowest BCUT2D eigenvalue weighted by Crippen LogP contribution is -1.83. The highest BCUT2D eigenvalue weighted by molar-refractivity contribution is 7.20. The molecule has 0 amide bonds. The summed E-state index contributed by atoms with van der Waals surface area (Å²) in [6.45, 7) is 0. The second-order valence-electron chi connectivity index (χ2n) is 1.38. The largest absolute Gasteiger partial charge is 0.308 e. The normalized spacial score (nSPS) is 9.80. The van der Waals surface area contributed by atoms with Crippen molar-refractivity contribution >= 4 is 40.2 Å². The molecule has 1 rings (SSSR count). The zero-order chi connectivity index (χ0) is 7.72. The number of thiophene rings is 1. The van der Waals surface area contributed by atoms with E-state index < -0.39 is 4.92 Å². The average molecular weight is 197 g/mol. The van der Waals surface area contributed by atoms with Crippen LogP contribution in [0, 0.1) is 16.2 Å². The molecule has 0 bridgehead atoms. The molecule has 0 aliphatic rings. The summed E-state index contributed by atoms with van der Waals surface area (Å²) < 4.78 is 0.270. The van der Waals surface area contributed by atoms with Gasteiger partial charge in [0.05, 0.1) is 4.92 Å². The Hall–Kier alpha value is -0.320. The van der Waals surface area contributed by atoms with E-state index in [0.29, 0.717) is 0 Å². The lowest BCUT2D eigenvalue weighted by atomic mass is 10.6. The first kappa shape index (κ1) is 7.78. The van der Waals surface area contributed by atoms with Gasteiger partial charge in [0.2, 0.25) is 0 Å². The predicted molar refractivity (Wildman–Crippen MR) is 39.8 cm³/mol. The molecule has 0 unspecified atom stereocenters. The van der Waals surface area contributed by atoms with Gasteiger partial charge in [-0.2, -0.15) is 0 Å². The fourth-order valence-electron chi connectivity index (χ4n) is 0.412. The first-order chi connectivity index (χ1) is 4.61. The summed E-state index contributed by atoms with van der Waals surface area (Å²) in [5.74, 6) is 0. The van der Waals surface area contributed by atoms with Gasteiger partial charge in [0.25, 0.3) is 0 Å². The van der Waals surface area contributed by atoms with E-state index in [2.05, 4.69) is 6.07 Å². The molecule has 0 saturated carbocycles. The standard InChI is InChI=1S/C4Cl2NO2S/c5-3-1-2(7(8)9)4(6)10-3. The van der Waals surface area contributed by atoms with E-state index in [-0.39, 0.29) is 14.4 Å². The van der Waals surface area contributed by atoms with Crippen LogP contribution in [-0.4, -0.2) is 4.92 Å². The maximum Gasteiger partial charge on any atom is 0.308 e. The van der Waals surface area contributed by atoms with Gasteiger partial charge in [0.1, 0.15) is 10.4 Å². The Bertz CT molecular complexity index is 272. The summed E-state index contributed by atoms with van der Waals surface area (Å²) in [5.41, 5.74) is -0.253. The molecular weight excluding hydrogens is 197 g/mol. The Morgan fingerprint density at radius 2 is 2.20 bits per heavy atom. The summed E-state index contributed by atoms with van der Waals surface area (Å²) in [5, 5.41) is 10.1. The molecule has 0 atom stereocenters. The van der Waals surface area contributed by atoms with Gasteiger partial charge in [-0.15, -0.1) is 11.3 Å². The van der Waals surface area contributed by atoms with Crippen molar-refractivity contribution in [3.63, 3.8) is 0 Å². The number of nitrogens with zero attached hydrogens (tertiary/aromatic N) is 1. The van der Waals surface area contributed by atoms with E-state index in [1.807, 2.05) is 0 Å². The third-order valence-corrected chi connectivity index (χ3v) is 2.15. The van der Waals surface area contributed by atoms with Crippen LogP contribution in [0.25, 0.3) is 0 Å². The molecule has 0 aromatic carbocycles. The zero-order valence-electron chi connectivity index (χ0n) is 4.43. The van der Waals surface area contributed by atoms with Gasteiger partial charge >= 0.3 is 5.69 Å². The number of hydrogen-bond acceptors (Lipinski definition) is 3. The van der Waals surface area contributed by atoms with Gasteiger partial charge in [-0.25, -0.2) is 0 Å². The maximum absolute atomic E-state index is 10.1. The molecule has 1 aromatic heterocycles. The minimum Gasteiger partial charge on any atom is -0.258 e. The van der Waals surface area contributed by atoms with E-state index in [1.165, 1.54) is 0 Å². The second kappa shape index (κ2) is 2.74. The van der Waals surface area contributed by atoms with Gasteiger partial charge in [-0.05, 0) is 0 Å². The Labute approximate surface area is 70.3 Å². The zero-order valence-corrected chi connectivity index (χ0v) is 6.76. The van der Waals surface area contributed by atoms with Crippen LogP contribution in [0.1, 0.15) is 0 Å². The Morgan fingerprint density at radius 1 is 1.60 bits per heavy atom. The van der Waals surface area contributed by atoms with Crippen LogP contribution >= 0.6 is 34.5 Å². The fraction of sp³-hybridized carbons (Fsp3) is 0. The molecule has 10 heavy (non-hydrogen) atoms. The number of rotatable bonds is 1. The van der Waals surface area contributed by atoms with Gasteiger partial charge in [-0.1, -0.05) is 23.2 Å². The number of nitro groups is 1. The average Bonchev–Trinajstić information content (AvgIpc) is 2.10. The van der Waals surface area contributed by atoms with Crippen molar-refractivity contribution in [2.45, 2.75) is 0 Å². The lowest BCUT2D eigenvalue weighted by molar-refractivity contribution is -0.384. The van der Waals surface area contributed by atoms with Gasteiger partial charge in [0.15, 0.2) is 4.34 Å². The summed E-state index contributed by atoms with van der Waals surface area (Å²) in [7, 11) is 0. The van der Waals surface area contributed by atoms with Crippen molar-refractivity contribution in [3.05, 3.63) is 24.9 Å². The highest BCUT2D eigenvalue weighted by Crippen LogP contribution is 2.35. The second-order valence-corrected chi connectivity index (χ2v) is 3.60. The van der Waals surface area contributed by atoms with Crippen LogP contribution in [0.3, 0.4) is 0 Å². The van der Waals surface area contributed by atoms with Gasteiger partial charge in [0, 0.05) is 0 Å². The van der Waals surface area contributed by atoms with Crippen molar-refractivity contribution in [2.75, 3.05) is 0 Å². The fourth-order valence-corrected chi connectivity index (χ4v) is 1.73. The monoisotopic (exact) mass is 196 g/mol. The molecule has 1 aromatic rings. The van der Waals surface area contributed by atoms with Crippen molar-refractivity contribution in [1.29, 1.82) is 0 Å². The summed E-state index contributed by atoms with van der Waals surface area (Å²) in [4.78, 5) is 9.45. The highest BCUT2D eigenvalue weighted by Gasteiger charge is 2.16. The predicted octanol–water partition coefficient (Wildman–Crippen LogP) is 2.76. The Kier molecular flexibility index (Phi) is 2.13. The molecule has 53 valence electrons. The molecule has 0 fully saturated rings. The first-order valence-electron chi connectivity index (χ1n) is 2.12. The van der Waals surface area contributed by atoms with E-state index >= 15 is 0 Å². The Morgan fingerprint density at radius 3 is 2.40 bits per heavy atom. The van der Waals surface area contributed by atoms with Crippen molar-refractivity contribution in [3.8, 4) is 0 Å². The lowest BCUT2D eigenvalue weighted by Gasteiger charge is -1.81.